The Balaban J connectivity index is 1.66. The molecule has 3 aliphatic rings. The summed E-state index contributed by atoms with van der Waals surface area (Å²) in [6.45, 7) is 2.31. The van der Waals surface area contributed by atoms with Gasteiger partial charge in [0, 0.05) is 19.4 Å². The summed E-state index contributed by atoms with van der Waals surface area (Å²) < 4.78 is 33.3. The van der Waals surface area contributed by atoms with Crippen LogP contribution in [0.4, 0.5) is 0 Å². The Morgan fingerprint density at radius 2 is 1.68 bits per heavy atom. The summed E-state index contributed by atoms with van der Waals surface area (Å²) in [6.07, 6.45) is -2.03. The highest BCUT2D eigenvalue weighted by Gasteiger charge is 2.50. The molecule has 1 amide bonds. The largest absolute Gasteiger partial charge is 0.492 e. The number of rotatable bonds is 5. The van der Waals surface area contributed by atoms with Crippen molar-refractivity contribution in [2.45, 2.75) is 38.2 Å². The Morgan fingerprint density at radius 3 is 2.35 bits per heavy atom. The van der Waals surface area contributed by atoms with Crippen molar-refractivity contribution in [1.29, 1.82) is 0 Å². The molecule has 11 nitrogen and oxygen atoms in total. The number of hydrogen-bond acceptors (Lipinski definition) is 10. The van der Waals surface area contributed by atoms with E-state index in [-0.39, 0.29) is 29.4 Å². The maximum Gasteiger partial charge on any atom is 0.338 e. The average Bonchev–Trinajstić information content (AvgIpc) is 3.34. The molecule has 2 aromatic carbocycles. The van der Waals surface area contributed by atoms with E-state index < -0.39 is 48.2 Å². The monoisotopic (exact) mass is 509 g/mol. The van der Waals surface area contributed by atoms with E-state index in [1.165, 1.54) is 21.0 Å². The van der Waals surface area contributed by atoms with E-state index in [1.807, 2.05) is 0 Å². The lowest BCUT2D eigenvalue weighted by atomic mass is 9.79. The number of nitrogens with one attached hydrogen (secondary N) is 1. The molecule has 4 atom stereocenters. The van der Waals surface area contributed by atoms with E-state index in [0.29, 0.717) is 16.9 Å². The van der Waals surface area contributed by atoms with Gasteiger partial charge in [0.15, 0.2) is 29.8 Å². The van der Waals surface area contributed by atoms with Gasteiger partial charge in [-0.1, -0.05) is 18.2 Å². The number of amides is 1. The number of esters is 3. The van der Waals surface area contributed by atoms with E-state index in [0.717, 1.165) is 0 Å². The fourth-order valence-electron chi connectivity index (χ4n) is 4.74. The number of benzene rings is 2. The van der Waals surface area contributed by atoms with E-state index in [2.05, 4.69) is 5.32 Å². The Labute approximate surface area is 211 Å². The highest BCUT2D eigenvalue weighted by molar-refractivity contribution is 6.08. The van der Waals surface area contributed by atoms with E-state index in [9.17, 15) is 19.2 Å². The van der Waals surface area contributed by atoms with Gasteiger partial charge in [-0.3, -0.25) is 14.4 Å². The summed E-state index contributed by atoms with van der Waals surface area (Å²) in [6, 6.07) is 8.95. The molecule has 5 rings (SSSR count). The third-order valence-electron chi connectivity index (χ3n) is 6.16. The number of ether oxygens (including phenoxy) is 6. The summed E-state index contributed by atoms with van der Waals surface area (Å²) >= 11 is 0. The van der Waals surface area contributed by atoms with Gasteiger partial charge in [0.05, 0.1) is 24.3 Å². The molecule has 37 heavy (non-hydrogen) atoms. The highest BCUT2D eigenvalue weighted by atomic mass is 16.7. The minimum Gasteiger partial charge on any atom is -0.492 e. The highest BCUT2D eigenvalue weighted by Crippen LogP contribution is 2.49. The minimum atomic E-state index is -1.24. The Hall–Kier alpha value is -4.54. The second kappa shape index (κ2) is 9.49. The van der Waals surface area contributed by atoms with Gasteiger partial charge < -0.3 is 33.7 Å². The zero-order chi connectivity index (χ0) is 26.3. The fraction of sp³-hybridized carbons (Fsp3) is 0.308. The predicted octanol–water partition coefficient (Wildman–Crippen LogP) is 2.02. The van der Waals surface area contributed by atoms with Gasteiger partial charge >= 0.3 is 17.9 Å². The predicted molar refractivity (Wildman–Crippen MR) is 125 cm³/mol. The molecule has 2 aliphatic heterocycles. The van der Waals surface area contributed by atoms with Crippen molar-refractivity contribution in [3.8, 4) is 17.2 Å². The summed E-state index contributed by atoms with van der Waals surface area (Å²) in [7, 11) is 1.40. The van der Waals surface area contributed by atoms with Gasteiger partial charge in [-0.2, -0.15) is 0 Å². The molecular formula is C26H23NO10. The number of methoxy groups -OCH3 is 1. The number of carbonyl (C=O) groups is 4. The molecule has 1 N–H and O–H groups in total. The Bertz CT molecular complexity index is 1320. The lowest BCUT2D eigenvalue weighted by Crippen LogP contribution is -2.60. The van der Waals surface area contributed by atoms with E-state index >= 15 is 0 Å². The van der Waals surface area contributed by atoms with Crippen LogP contribution in [0.15, 0.2) is 42.5 Å². The van der Waals surface area contributed by atoms with Crippen LogP contribution < -0.4 is 19.5 Å². The molecule has 2 heterocycles. The maximum atomic E-state index is 13.3. The van der Waals surface area contributed by atoms with Crippen molar-refractivity contribution in [1.82, 2.24) is 5.32 Å². The normalized spacial score (nSPS) is 23.0. The van der Waals surface area contributed by atoms with Crippen LogP contribution in [0.25, 0.3) is 5.57 Å². The smallest absolute Gasteiger partial charge is 0.338 e. The molecule has 0 fully saturated rings. The summed E-state index contributed by atoms with van der Waals surface area (Å²) in [5.74, 6) is -1.76. The summed E-state index contributed by atoms with van der Waals surface area (Å²) in [5.41, 5.74) is 1.33. The maximum absolute atomic E-state index is 13.3. The van der Waals surface area contributed by atoms with Gasteiger partial charge in [0.2, 0.25) is 12.5 Å². The summed E-state index contributed by atoms with van der Waals surface area (Å²) in [5, 5.41) is 2.81. The van der Waals surface area contributed by atoms with E-state index in [4.69, 9.17) is 28.4 Å². The molecule has 192 valence electrons. The van der Waals surface area contributed by atoms with Crippen LogP contribution in [0.5, 0.6) is 17.2 Å². The van der Waals surface area contributed by atoms with Crippen LogP contribution >= 0.6 is 0 Å². The molecule has 1 aliphatic carbocycles. The SMILES string of the molecule is COc1c2c(cc3c1C(=O)N[C@@H]1C3=C[C@H](OC(=O)c3ccccc3)[C@@H](OC(C)=O)[C@H]1OC(C)=O)OCO2. The molecule has 11 heteroatoms. The van der Waals surface area contributed by atoms with Crippen LogP contribution in [0.1, 0.15) is 40.1 Å². The van der Waals surface area contributed by atoms with Crippen LogP contribution in [0.3, 0.4) is 0 Å². The van der Waals surface area contributed by atoms with Crippen LogP contribution in [0, 0.1) is 0 Å². The third kappa shape index (κ3) is 4.32. The van der Waals surface area contributed by atoms with Crippen molar-refractivity contribution < 1.29 is 47.6 Å². The lowest BCUT2D eigenvalue weighted by Gasteiger charge is -2.42. The third-order valence-corrected chi connectivity index (χ3v) is 6.16. The van der Waals surface area contributed by atoms with Gasteiger partial charge in [0.25, 0.3) is 5.91 Å². The van der Waals surface area contributed by atoms with Crippen LogP contribution in [-0.2, 0) is 23.8 Å². The van der Waals surface area contributed by atoms with Gasteiger partial charge in [0.1, 0.15) is 0 Å². The summed E-state index contributed by atoms with van der Waals surface area (Å²) in [4.78, 5) is 50.3. The first kappa shape index (κ1) is 24.2. The van der Waals surface area contributed by atoms with E-state index in [1.54, 1.807) is 42.5 Å². The average molecular weight is 509 g/mol. The first-order chi connectivity index (χ1) is 17.8. The van der Waals surface area contributed by atoms with Crippen LogP contribution in [-0.4, -0.2) is 62.1 Å². The van der Waals surface area contributed by atoms with Gasteiger partial charge in [-0.25, -0.2) is 4.79 Å². The van der Waals surface area contributed by atoms with Crippen molar-refractivity contribution in [2.24, 2.45) is 0 Å². The second-order valence-electron chi connectivity index (χ2n) is 8.52. The standard InChI is InChI=1S/C26H23NO10/c1-12(28)35-22-18(37-26(31)14-7-5-4-6-8-14)10-16-15-9-17-21(34-11-33-17)23(32-3)19(15)25(30)27-20(16)24(22)36-13(2)29/h4-10,18,20,22,24H,11H2,1-3H3,(H,27,30)/t18-,20+,22+,24-/m0/s1. The fourth-order valence-corrected chi connectivity index (χ4v) is 4.74. The molecule has 0 radical (unpaired) electrons. The molecule has 0 aromatic heterocycles. The Morgan fingerprint density at radius 1 is 0.973 bits per heavy atom. The second-order valence-corrected chi connectivity index (χ2v) is 8.52. The molecule has 0 unspecified atom stereocenters. The van der Waals surface area contributed by atoms with Crippen molar-refractivity contribution in [3.63, 3.8) is 0 Å². The molecule has 0 bridgehead atoms. The molecule has 0 spiro atoms. The minimum absolute atomic E-state index is 0.0550. The number of hydrogen-bond donors (Lipinski definition) is 1. The zero-order valence-electron chi connectivity index (χ0n) is 20.1. The number of carbonyl (C=O) groups excluding carboxylic acids is 4. The lowest BCUT2D eigenvalue weighted by molar-refractivity contribution is -0.174. The van der Waals surface area contributed by atoms with Gasteiger partial charge in [-0.05, 0) is 29.8 Å². The molecule has 0 saturated heterocycles. The number of fused-ring (bicyclic) bond motifs is 4. The first-order valence-electron chi connectivity index (χ1n) is 11.4. The van der Waals surface area contributed by atoms with Crippen molar-refractivity contribution in [2.75, 3.05) is 13.9 Å². The molecule has 2 aromatic rings. The van der Waals surface area contributed by atoms with Crippen molar-refractivity contribution >= 4 is 29.4 Å². The molecular weight excluding hydrogens is 486 g/mol. The van der Waals surface area contributed by atoms with Crippen LogP contribution in [0.2, 0.25) is 0 Å². The topological polar surface area (TPSA) is 136 Å². The van der Waals surface area contributed by atoms with Gasteiger partial charge in [-0.15, -0.1) is 0 Å². The first-order valence-corrected chi connectivity index (χ1v) is 11.4. The quantitative estimate of drug-likeness (QED) is 0.471. The zero-order valence-corrected chi connectivity index (χ0v) is 20.1. The molecule has 0 saturated carbocycles. The Kier molecular flexibility index (Phi) is 6.20. The van der Waals surface area contributed by atoms with Crippen molar-refractivity contribution in [3.05, 3.63) is 59.2 Å².